The standard InChI is InChI=1S/C15H16ClN5O/c1-3-18-14-15(19-4-2)21-12-8-10(16)9(5-6-13(17)22)7-11(12)20-14/h7-8H,3-4H2,1-2H3,(H2,17,22)(H,18,20)(H,19,21). The first-order valence-corrected chi connectivity index (χ1v) is 7.23. The van der Waals surface area contributed by atoms with E-state index in [-0.39, 0.29) is 0 Å². The third-order valence-corrected chi connectivity index (χ3v) is 3.07. The molecule has 0 saturated heterocycles. The molecule has 22 heavy (non-hydrogen) atoms. The summed E-state index contributed by atoms with van der Waals surface area (Å²) >= 11 is 6.16. The van der Waals surface area contributed by atoms with E-state index in [0.717, 1.165) is 13.1 Å². The highest BCUT2D eigenvalue weighted by atomic mass is 35.5. The van der Waals surface area contributed by atoms with Crippen molar-refractivity contribution >= 4 is 40.2 Å². The minimum atomic E-state index is -0.710. The van der Waals surface area contributed by atoms with Crippen LogP contribution in [0.2, 0.25) is 5.02 Å². The van der Waals surface area contributed by atoms with Crippen molar-refractivity contribution in [2.24, 2.45) is 5.73 Å². The van der Waals surface area contributed by atoms with Crippen LogP contribution in [0, 0.1) is 11.8 Å². The Hall–Kier alpha value is -2.52. The number of nitrogens with zero attached hydrogens (tertiary/aromatic N) is 2. The highest BCUT2D eigenvalue weighted by Crippen LogP contribution is 2.26. The number of aromatic nitrogens is 2. The van der Waals surface area contributed by atoms with Crippen molar-refractivity contribution in [3.63, 3.8) is 0 Å². The van der Waals surface area contributed by atoms with Crippen LogP contribution in [0.15, 0.2) is 12.1 Å². The van der Waals surface area contributed by atoms with Gasteiger partial charge in [-0.1, -0.05) is 17.5 Å². The van der Waals surface area contributed by atoms with Gasteiger partial charge in [0.2, 0.25) is 0 Å². The van der Waals surface area contributed by atoms with E-state index < -0.39 is 5.91 Å². The van der Waals surface area contributed by atoms with Gasteiger partial charge in [0.05, 0.1) is 16.1 Å². The first-order valence-electron chi connectivity index (χ1n) is 6.85. The quantitative estimate of drug-likeness (QED) is 0.750. The Bertz CT molecular complexity index is 779. The Balaban J connectivity index is 2.58. The number of rotatable bonds is 4. The number of nitrogens with two attached hydrogens (primary N) is 1. The topological polar surface area (TPSA) is 92.9 Å². The van der Waals surface area contributed by atoms with E-state index >= 15 is 0 Å². The van der Waals surface area contributed by atoms with Crippen LogP contribution in [-0.4, -0.2) is 29.0 Å². The van der Waals surface area contributed by atoms with E-state index in [4.69, 9.17) is 17.3 Å². The summed E-state index contributed by atoms with van der Waals surface area (Å²) in [5, 5.41) is 6.71. The Morgan fingerprint density at radius 2 is 1.73 bits per heavy atom. The van der Waals surface area contributed by atoms with Gasteiger partial charge >= 0.3 is 0 Å². The van der Waals surface area contributed by atoms with Crippen molar-refractivity contribution in [3.8, 4) is 11.8 Å². The lowest BCUT2D eigenvalue weighted by Gasteiger charge is -2.11. The highest BCUT2D eigenvalue weighted by molar-refractivity contribution is 6.32. The zero-order chi connectivity index (χ0) is 16.1. The van der Waals surface area contributed by atoms with Gasteiger partial charge in [-0.3, -0.25) is 4.79 Å². The highest BCUT2D eigenvalue weighted by Gasteiger charge is 2.10. The molecule has 1 heterocycles. The molecule has 2 rings (SSSR count). The zero-order valence-corrected chi connectivity index (χ0v) is 13.1. The van der Waals surface area contributed by atoms with Crippen LogP contribution in [0.1, 0.15) is 19.4 Å². The fourth-order valence-corrected chi connectivity index (χ4v) is 2.09. The van der Waals surface area contributed by atoms with Crippen LogP contribution in [0.25, 0.3) is 11.0 Å². The van der Waals surface area contributed by atoms with Crippen LogP contribution >= 0.6 is 11.6 Å². The molecule has 0 atom stereocenters. The number of anilines is 2. The minimum absolute atomic E-state index is 0.397. The predicted molar refractivity (Wildman–Crippen MR) is 88.9 cm³/mol. The van der Waals surface area contributed by atoms with E-state index in [1.54, 1.807) is 12.1 Å². The SMILES string of the molecule is CCNc1nc2cc(Cl)c(C#CC(N)=O)cc2nc1NCC. The van der Waals surface area contributed by atoms with Gasteiger partial charge in [-0.15, -0.1) is 0 Å². The third-order valence-electron chi connectivity index (χ3n) is 2.76. The number of hydrogen-bond acceptors (Lipinski definition) is 5. The summed E-state index contributed by atoms with van der Waals surface area (Å²) in [5.41, 5.74) is 6.79. The van der Waals surface area contributed by atoms with Crippen LogP contribution in [0.5, 0.6) is 0 Å². The van der Waals surface area contributed by atoms with Crippen molar-refractivity contribution in [1.29, 1.82) is 0 Å². The summed E-state index contributed by atoms with van der Waals surface area (Å²) in [6.45, 7) is 5.42. The molecule has 1 amide bonds. The molecule has 6 nitrogen and oxygen atoms in total. The number of carbonyl (C=O) groups is 1. The van der Waals surface area contributed by atoms with Crippen molar-refractivity contribution in [3.05, 3.63) is 22.7 Å². The van der Waals surface area contributed by atoms with Crippen molar-refractivity contribution in [2.45, 2.75) is 13.8 Å². The van der Waals surface area contributed by atoms with Gasteiger partial charge in [-0.2, -0.15) is 0 Å². The number of halogens is 1. The van der Waals surface area contributed by atoms with Gasteiger partial charge < -0.3 is 16.4 Å². The fourth-order valence-electron chi connectivity index (χ4n) is 1.88. The van der Waals surface area contributed by atoms with Crippen LogP contribution in [0.4, 0.5) is 11.6 Å². The molecule has 0 saturated carbocycles. The molecule has 0 aliphatic heterocycles. The second kappa shape index (κ2) is 6.96. The van der Waals surface area contributed by atoms with Crippen LogP contribution < -0.4 is 16.4 Å². The average molecular weight is 318 g/mol. The molecule has 2 aromatic rings. The molecule has 0 radical (unpaired) electrons. The molecular weight excluding hydrogens is 302 g/mol. The Labute approximate surface area is 133 Å². The smallest absolute Gasteiger partial charge is 0.293 e. The third kappa shape index (κ3) is 3.57. The van der Waals surface area contributed by atoms with E-state index in [1.807, 2.05) is 13.8 Å². The van der Waals surface area contributed by atoms with Crippen molar-refractivity contribution in [1.82, 2.24) is 9.97 Å². The molecule has 0 unspecified atom stereocenters. The van der Waals surface area contributed by atoms with E-state index in [1.165, 1.54) is 0 Å². The molecule has 114 valence electrons. The molecule has 7 heteroatoms. The molecule has 0 fully saturated rings. The van der Waals surface area contributed by atoms with E-state index in [2.05, 4.69) is 32.4 Å². The van der Waals surface area contributed by atoms with Crippen LogP contribution in [0.3, 0.4) is 0 Å². The number of carbonyl (C=O) groups excluding carboxylic acids is 1. The number of fused-ring (bicyclic) bond motifs is 1. The van der Waals surface area contributed by atoms with Gasteiger partial charge in [0.25, 0.3) is 5.91 Å². The lowest BCUT2D eigenvalue weighted by molar-refractivity contribution is -0.112. The first kappa shape index (κ1) is 15.9. The molecule has 1 aromatic carbocycles. The van der Waals surface area contributed by atoms with Gasteiger partial charge in [0, 0.05) is 24.6 Å². The van der Waals surface area contributed by atoms with Gasteiger partial charge in [-0.25, -0.2) is 9.97 Å². The summed E-state index contributed by atoms with van der Waals surface area (Å²) in [6.07, 6.45) is 0. The number of benzene rings is 1. The fraction of sp³-hybridized carbons (Fsp3) is 0.267. The molecule has 0 aliphatic carbocycles. The van der Waals surface area contributed by atoms with E-state index in [9.17, 15) is 4.79 Å². The lowest BCUT2D eigenvalue weighted by atomic mass is 10.2. The lowest BCUT2D eigenvalue weighted by Crippen LogP contribution is -2.08. The Morgan fingerprint density at radius 3 is 2.23 bits per heavy atom. The summed E-state index contributed by atoms with van der Waals surface area (Å²) in [7, 11) is 0. The molecule has 1 aromatic heterocycles. The summed E-state index contributed by atoms with van der Waals surface area (Å²) in [6, 6.07) is 3.36. The maximum absolute atomic E-state index is 10.8. The molecule has 0 aliphatic rings. The van der Waals surface area contributed by atoms with Gasteiger partial charge in [-0.05, 0) is 26.0 Å². The Morgan fingerprint density at radius 1 is 1.18 bits per heavy atom. The Kier molecular flexibility index (Phi) is 5.02. The van der Waals surface area contributed by atoms with Crippen molar-refractivity contribution in [2.75, 3.05) is 23.7 Å². The monoisotopic (exact) mass is 317 g/mol. The maximum atomic E-state index is 10.8. The number of hydrogen-bond donors (Lipinski definition) is 3. The largest absolute Gasteiger partial charge is 0.367 e. The normalized spacial score (nSPS) is 9.95. The summed E-state index contributed by atoms with van der Waals surface area (Å²) in [4.78, 5) is 19.8. The summed E-state index contributed by atoms with van der Waals surface area (Å²) < 4.78 is 0. The number of amides is 1. The molecule has 0 bridgehead atoms. The number of primary amides is 1. The van der Waals surface area contributed by atoms with E-state index in [0.29, 0.717) is 33.3 Å². The first-order chi connectivity index (χ1) is 10.5. The number of nitrogens with one attached hydrogen (secondary N) is 2. The molecule has 4 N–H and O–H groups in total. The molecular formula is C15H16ClN5O. The maximum Gasteiger partial charge on any atom is 0.293 e. The predicted octanol–water partition coefficient (Wildman–Crippen LogP) is 1.98. The zero-order valence-electron chi connectivity index (χ0n) is 12.3. The van der Waals surface area contributed by atoms with Gasteiger partial charge in [0.1, 0.15) is 0 Å². The second-order valence-electron chi connectivity index (χ2n) is 4.42. The summed E-state index contributed by atoms with van der Waals surface area (Å²) in [5.74, 6) is 5.52. The average Bonchev–Trinajstić information content (AvgIpc) is 2.46. The van der Waals surface area contributed by atoms with Gasteiger partial charge in [0.15, 0.2) is 11.6 Å². The van der Waals surface area contributed by atoms with Crippen LogP contribution in [-0.2, 0) is 4.79 Å². The minimum Gasteiger partial charge on any atom is -0.367 e. The molecule has 0 spiro atoms. The van der Waals surface area contributed by atoms with Crippen molar-refractivity contribution < 1.29 is 4.79 Å². The second-order valence-corrected chi connectivity index (χ2v) is 4.82.